The number of rotatable bonds is 5. The van der Waals surface area contributed by atoms with Crippen molar-refractivity contribution in [3.05, 3.63) is 50.3 Å². The summed E-state index contributed by atoms with van der Waals surface area (Å²) in [5.41, 5.74) is 1.43. The molecule has 3 rings (SSSR count). The summed E-state index contributed by atoms with van der Waals surface area (Å²) < 4.78 is 25.1. The number of halogens is 3. The lowest BCUT2D eigenvalue weighted by molar-refractivity contribution is 0.282. The van der Waals surface area contributed by atoms with Gasteiger partial charge in [-0.2, -0.15) is 5.21 Å². The summed E-state index contributed by atoms with van der Waals surface area (Å²) >= 11 is 8.15. The minimum Gasteiger partial charge on any atom is -0.493 e. The first-order valence-electron chi connectivity index (χ1n) is 6.76. The van der Waals surface area contributed by atoms with Crippen LogP contribution in [0.5, 0.6) is 11.5 Å². The molecule has 0 atom stereocenters. The molecule has 24 heavy (non-hydrogen) atoms. The normalized spacial score (nSPS) is 10.7. The maximum Gasteiger partial charge on any atom is 0.204 e. The molecule has 1 N–H and O–H groups in total. The van der Waals surface area contributed by atoms with Crippen LogP contribution < -0.4 is 9.47 Å². The lowest BCUT2D eigenvalue weighted by Crippen LogP contribution is -2.01. The summed E-state index contributed by atoms with van der Waals surface area (Å²) in [5, 5.41) is 14.2. The van der Waals surface area contributed by atoms with Crippen LogP contribution in [0.25, 0.3) is 11.4 Å². The fourth-order valence-electron chi connectivity index (χ4n) is 2.06. The number of hydrogen-bond acceptors (Lipinski definition) is 5. The van der Waals surface area contributed by atoms with Gasteiger partial charge in [0.25, 0.3) is 0 Å². The zero-order valence-electron chi connectivity index (χ0n) is 12.4. The van der Waals surface area contributed by atoms with Crippen LogP contribution in [-0.4, -0.2) is 27.7 Å². The molecule has 124 valence electrons. The number of aromatic amines is 1. The molecule has 0 radical (unpaired) electrons. The predicted molar refractivity (Wildman–Crippen MR) is 94.6 cm³/mol. The van der Waals surface area contributed by atoms with Gasteiger partial charge in [-0.05, 0) is 52.1 Å². The van der Waals surface area contributed by atoms with Crippen LogP contribution in [0.3, 0.4) is 0 Å². The number of methoxy groups -OCH3 is 1. The van der Waals surface area contributed by atoms with E-state index in [4.69, 9.17) is 21.1 Å². The molecule has 0 aliphatic rings. The number of ether oxygens (including phenoxy) is 2. The van der Waals surface area contributed by atoms with E-state index in [9.17, 15) is 4.39 Å². The van der Waals surface area contributed by atoms with Crippen LogP contribution in [0.4, 0.5) is 4.39 Å². The predicted octanol–water partition coefficient (Wildman–Crippen LogP) is 3.85. The Balaban J connectivity index is 1.87. The Hall–Kier alpha value is -1.94. The van der Waals surface area contributed by atoms with Gasteiger partial charge in [-0.3, -0.25) is 0 Å². The van der Waals surface area contributed by atoms with Gasteiger partial charge in [0, 0.05) is 11.1 Å². The van der Waals surface area contributed by atoms with Crippen molar-refractivity contribution < 1.29 is 13.9 Å². The van der Waals surface area contributed by atoms with Crippen molar-refractivity contribution >= 4 is 34.2 Å². The lowest BCUT2D eigenvalue weighted by atomic mass is 10.2. The Kier molecular flexibility index (Phi) is 5.14. The van der Waals surface area contributed by atoms with Gasteiger partial charge in [0.2, 0.25) is 5.82 Å². The summed E-state index contributed by atoms with van der Waals surface area (Å²) in [7, 11) is 1.54. The molecule has 9 heteroatoms. The smallest absolute Gasteiger partial charge is 0.204 e. The number of nitrogens with one attached hydrogen (secondary N) is 1. The number of hydrogen-bond donors (Lipinski definition) is 1. The van der Waals surface area contributed by atoms with Crippen LogP contribution in [0.1, 0.15) is 5.56 Å². The summed E-state index contributed by atoms with van der Waals surface area (Å²) in [6.45, 7) is 0.188. The van der Waals surface area contributed by atoms with Crippen LogP contribution in [0.15, 0.2) is 30.3 Å². The second kappa shape index (κ2) is 7.31. The highest BCUT2D eigenvalue weighted by molar-refractivity contribution is 14.1. The van der Waals surface area contributed by atoms with Gasteiger partial charge < -0.3 is 9.47 Å². The SMILES string of the molecule is COc1cc(-c2nn[nH]n2)cc(I)c1OCc1ccc(F)cc1Cl. The molecular formula is C15H11ClFIN4O2. The number of benzene rings is 2. The zero-order valence-corrected chi connectivity index (χ0v) is 15.3. The molecule has 0 amide bonds. The first-order chi connectivity index (χ1) is 11.6. The molecule has 0 bridgehead atoms. The van der Waals surface area contributed by atoms with Crippen LogP contribution >= 0.6 is 34.2 Å². The molecule has 6 nitrogen and oxygen atoms in total. The monoisotopic (exact) mass is 460 g/mol. The minimum absolute atomic E-state index is 0.188. The number of H-pyrrole nitrogens is 1. The first kappa shape index (κ1) is 16.9. The maximum absolute atomic E-state index is 13.1. The van der Waals surface area contributed by atoms with Gasteiger partial charge in [0.1, 0.15) is 12.4 Å². The van der Waals surface area contributed by atoms with Crippen molar-refractivity contribution in [1.29, 1.82) is 0 Å². The van der Waals surface area contributed by atoms with Crippen molar-refractivity contribution in [2.45, 2.75) is 6.61 Å². The first-order valence-corrected chi connectivity index (χ1v) is 8.22. The van der Waals surface area contributed by atoms with E-state index in [1.54, 1.807) is 19.2 Å². The quantitative estimate of drug-likeness (QED) is 0.586. The third-order valence-electron chi connectivity index (χ3n) is 3.22. The van der Waals surface area contributed by atoms with E-state index in [-0.39, 0.29) is 12.4 Å². The van der Waals surface area contributed by atoms with E-state index in [1.807, 2.05) is 6.07 Å². The molecule has 0 aliphatic heterocycles. The fourth-order valence-corrected chi connectivity index (χ4v) is 3.04. The van der Waals surface area contributed by atoms with Crippen LogP contribution in [-0.2, 0) is 6.61 Å². The molecule has 1 aromatic heterocycles. The Morgan fingerprint density at radius 1 is 1.29 bits per heavy atom. The molecular weight excluding hydrogens is 450 g/mol. The fraction of sp³-hybridized carbons (Fsp3) is 0.133. The van der Waals surface area contributed by atoms with Crippen molar-refractivity contribution in [2.75, 3.05) is 7.11 Å². The molecule has 1 heterocycles. The Bertz CT molecular complexity index is 861. The van der Waals surface area contributed by atoms with E-state index >= 15 is 0 Å². The van der Waals surface area contributed by atoms with Gasteiger partial charge in [0.05, 0.1) is 15.7 Å². The highest BCUT2D eigenvalue weighted by Crippen LogP contribution is 2.37. The number of aromatic nitrogens is 4. The summed E-state index contributed by atoms with van der Waals surface area (Å²) in [6, 6.07) is 7.79. The van der Waals surface area contributed by atoms with Gasteiger partial charge in [0.15, 0.2) is 11.5 Å². The number of nitrogens with zero attached hydrogens (tertiary/aromatic N) is 3. The lowest BCUT2D eigenvalue weighted by Gasteiger charge is -2.14. The van der Waals surface area contributed by atoms with Crippen molar-refractivity contribution in [3.8, 4) is 22.9 Å². The Morgan fingerprint density at radius 2 is 2.12 bits per heavy atom. The van der Waals surface area contributed by atoms with Crippen LogP contribution in [0, 0.1) is 9.39 Å². The largest absolute Gasteiger partial charge is 0.493 e. The van der Waals surface area contributed by atoms with E-state index in [0.717, 1.165) is 9.13 Å². The molecule has 2 aromatic carbocycles. The molecule has 3 aromatic rings. The van der Waals surface area contributed by atoms with E-state index in [1.165, 1.54) is 12.1 Å². The molecule has 0 aliphatic carbocycles. The maximum atomic E-state index is 13.1. The second-order valence-corrected chi connectivity index (χ2v) is 6.32. The van der Waals surface area contributed by atoms with Gasteiger partial charge in [-0.1, -0.05) is 17.7 Å². The van der Waals surface area contributed by atoms with Gasteiger partial charge in [-0.15, -0.1) is 10.2 Å². The van der Waals surface area contributed by atoms with E-state index in [0.29, 0.717) is 27.9 Å². The standard InChI is InChI=1S/C15H11ClFIN4O2/c1-23-13-5-9(15-19-21-22-20-15)4-12(18)14(13)24-7-8-2-3-10(17)6-11(8)16/h2-6H,7H2,1H3,(H,19,20,21,22). The number of tetrazole rings is 1. The van der Waals surface area contributed by atoms with Crippen molar-refractivity contribution in [1.82, 2.24) is 20.6 Å². The molecule has 0 saturated carbocycles. The van der Waals surface area contributed by atoms with Gasteiger partial charge >= 0.3 is 0 Å². The summed E-state index contributed by atoms with van der Waals surface area (Å²) in [6.07, 6.45) is 0. The van der Waals surface area contributed by atoms with Crippen molar-refractivity contribution in [2.24, 2.45) is 0 Å². The Labute approximate surface area is 155 Å². The molecule has 0 saturated heterocycles. The third kappa shape index (κ3) is 3.59. The average Bonchev–Trinajstić information content (AvgIpc) is 3.09. The van der Waals surface area contributed by atoms with E-state index in [2.05, 4.69) is 43.2 Å². The second-order valence-electron chi connectivity index (χ2n) is 4.75. The van der Waals surface area contributed by atoms with Gasteiger partial charge in [-0.25, -0.2) is 4.39 Å². The third-order valence-corrected chi connectivity index (χ3v) is 4.37. The summed E-state index contributed by atoms with van der Waals surface area (Å²) in [4.78, 5) is 0. The molecule has 0 fully saturated rings. The highest BCUT2D eigenvalue weighted by Gasteiger charge is 2.15. The van der Waals surface area contributed by atoms with Crippen molar-refractivity contribution in [3.63, 3.8) is 0 Å². The van der Waals surface area contributed by atoms with Crippen LogP contribution in [0.2, 0.25) is 5.02 Å². The highest BCUT2D eigenvalue weighted by atomic mass is 127. The zero-order chi connectivity index (χ0) is 17.1. The van der Waals surface area contributed by atoms with E-state index < -0.39 is 0 Å². The summed E-state index contributed by atoms with van der Waals surface area (Å²) in [5.74, 6) is 1.16. The molecule has 0 spiro atoms. The average molecular weight is 461 g/mol. The minimum atomic E-state index is -0.389. The molecule has 0 unspecified atom stereocenters. The topological polar surface area (TPSA) is 72.9 Å². The Morgan fingerprint density at radius 3 is 2.79 bits per heavy atom.